The van der Waals surface area contributed by atoms with Crippen molar-refractivity contribution >= 4 is 22.1 Å². The molecule has 2 heterocycles. The molecule has 5 nitrogen and oxygen atoms in total. The Bertz CT molecular complexity index is 473. The number of nitrogens with one attached hydrogen (secondary N) is 1. The van der Waals surface area contributed by atoms with Gasteiger partial charge in [0.05, 0.1) is 11.5 Å². The molecule has 1 aromatic heterocycles. The standard InChI is InChI=1S/C7H10N2O3S2/c10-14(11)2-1-5(4-14)3-6-8-9-7(13)12-6/h5H,1-4H2,(H,9,13). The van der Waals surface area contributed by atoms with E-state index in [1.54, 1.807) is 0 Å². The second-order valence-corrected chi connectivity index (χ2v) is 6.08. The third-order valence-corrected chi connectivity index (χ3v) is 4.28. The number of H-pyrrole nitrogens is 1. The summed E-state index contributed by atoms with van der Waals surface area (Å²) >= 11 is 4.72. The molecule has 1 aromatic rings. The minimum absolute atomic E-state index is 0.126. The van der Waals surface area contributed by atoms with Gasteiger partial charge in [0.25, 0.3) is 4.84 Å². The fourth-order valence-electron chi connectivity index (χ4n) is 1.63. The normalized spacial score (nSPS) is 25.3. The molecule has 0 radical (unpaired) electrons. The first-order chi connectivity index (χ1) is 6.55. The molecule has 0 aliphatic carbocycles. The molecular formula is C7H10N2O3S2. The van der Waals surface area contributed by atoms with E-state index in [9.17, 15) is 8.42 Å². The van der Waals surface area contributed by atoms with Crippen LogP contribution in [0.25, 0.3) is 0 Å². The Morgan fingerprint density at radius 1 is 1.64 bits per heavy atom. The van der Waals surface area contributed by atoms with E-state index in [1.807, 2.05) is 0 Å². The van der Waals surface area contributed by atoms with Crippen LogP contribution >= 0.6 is 12.2 Å². The lowest BCUT2D eigenvalue weighted by Gasteiger charge is -2.01. The Kier molecular flexibility index (Phi) is 2.44. The molecule has 78 valence electrons. The van der Waals surface area contributed by atoms with Gasteiger partial charge < -0.3 is 4.42 Å². The average Bonchev–Trinajstić information content (AvgIpc) is 2.59. The molecule has 1 unspecified atom stereocenters. The summed E-state index contributed by atoms with van der Waals surface area (Å²) in [6.07, 6.45) is 1.24. The van der Waals surface area contributed by atoms with Gasteiger partial charge in [-0.2, -0.15) is 0 Å². The first-order valence-corrected chi connectivity index (χ1v) is 6.53. The van der Waals surface area contributed by atoms with Crippen LogP contribution in [0.5, 0.6) is 0 Å². The van der Waals surface area contributed by atoms with Crippen LogP contribution in [0, 0.1) is 10.8 Å². The molecular weight excluding hydrogens is 224 g/mol. The molecule has 0 amide bonds. The molecule has 0 bridgehead atoms. The van der Waals surface area contributed by atoms with E-state index in [1.165, 1.54) is 0 Å². The fourth-order valence-corrected chi connectivity index (χ4v) is 3.63. The third-order valence-electron chi connectivity index (χ3n) is 2.27. The number of rotatable bonds is 2. The summed E-state index contributed by atoms with van der Waals surface area (Å²) in [6.45, 7) is 0. The van der Waals surface area contributed by atoms with Crippen molar-refractivity contribution in [3.8, 4) is 0 Å². The number of aromatic amines is 1. The molecule has 7 heteroatoms. The van der Waals surface area contributed by atoms with E-state index in [4.69, 9.17) is 16.6 Å². The van der Waals surface area contributed by atoms with E-state index < -0.39 is 9.84 Å². The van der Waals surface area contributed by atoms with Crippen LogP contribution in [0.2, 0.25) is 0 Å². The molecule has 0 saturated carbocycles. The number of hydrogen-bond acceptors (Lipinski definition) is 5. The molecule has 14 heavy (non-hydrogen) atoms. The second-order valence-electron chi connectivity index (χ2n) is 3.48. The first-order valence-electron chi connectivity index (χ1n) is 4.30. The predicted molar refractivity (Wildman–Crippen MR) is 52.2 cm³/mol. The van der Waals surface area contributed by atoms with Crippen molar-refractivity contribution in [3.05, 3.63) is 10.7 Å². The van der Waals surface area contributed by atoms with Gasteiger partial charge in [-0.25, -0.2) is 13.5 Å². The van der Waals surface area contributed by atoms with Crippen LogP contribution in [-0.4, -0.2) is 30.1 Å². The molecule has 1 fully saturated rings. The van der Waals surface area contributed by atoms with Crippen molar-refractivity contribution in [2.75, 3.05) is 11.5 Å². The van der Waals surface area contributed by atoms with Gasteiger partial charge in [0.2, 0.25) is 5.89 Å². The van der Waals surface area contributed by atoms with Crippen molar-refractivity contribution in [2.24, 2.45) is 5.92 Å². The molecule has 1 atom stereocenters. The zero-order chi connectivity index (χ0) is 10.2. The van der Waals surface area contributed by atoms with Gasteiger partial charge in [-0.15, -0.1) is 5.10 Å². The van der Waals surface area contributed by atoms with E-state index in [2.05, 4.69) is 10.2 Å². The number of sulfone groups is 1. The Balaban J connectivity index is 2.04. The third kappa shape index (κ3) is 2.21. The van der Waals surface area contributed by atoms with Crippen molar-refractivity contribution < 1.29 is 12.8 Å². The van der Waals surface area contributed by atoms with Gasteiger partial charge in [-0.3, -0.25) is 0 Å². The monoisotopic (exact) mass is 234 g/mol. The lowest BCUT2D eigenvalue weighted by molar-refractivity contribution is 0.438. The Morgan fingerprint density at radius 2 is 2.43 bits per heavy atom. The number of aromatic nitrogens is 2. The van der Waals surface area contributed by atoms with E-state index in [0.717, 1.165) is 0 Å². The van der Waals surface area contributed by atoms with E-state index >= 15 is 0 Å². The zero-order valence-electron chi connectivity index (χ0n) is 7.39. The molecule has 1 N–H and O–H groups in total. The van der Waals surface area contributed by atoms with Gasteiger partial charge in [-0.1, -0.05) is 0 Å². The molecule has 1 aliphatic rings. The Morgan fingerprint density at radius 3 is 2.93 bits per heavy atom. The minimum atomic E-state index is -2.81. The highest BCUT2D eigenvalue weighted by molar-refractivity contribution is 7.91. The maximum atomic E-state index is 11.2. The fraction of sp³-hybridized carbons (Fsp3) is 0.714. The molecule has 0 aromatic carbocycles. The van der Waals surface area contributed by atoms with Crippen LogP contribution < -0.4 is 0 Å². The summed E-state index contributed by atoms with van der Waals surface area (Å²) in [5.41, 5.74) is 0. The second kappa shape index (κ2) is 3.47. The summed E-state index contributed by atoms with van der Waals surface area (Å²) < 4.78 is 27.4. The highest BCUT2D eigenvalue weighted by Crippen LogP contribution is 2.21. The van der Waals surface area contributed by atoms with E-state index in [-0.39, 0.29) is 22.3 Å². The maximum absolute atomic E-state index is 11.2. The summed E-state index contributed by atoms with van der Waals surface area (Å²) in [4.78, 5) is 0.237. The molecule has 0 spiro atoms. The van der Waals surface area contributed by atoms with Crippen LogP contribution in [0.3, 0.4) is 0 Å². The van der Waals surface area contributed by atoms with Gasteiger partial charge in [0.1, 0.15) is 0 Å². The molecule has 1 saturated heterocycles. The summed E-state index contributed by atoms with van der Waals surface area (Å²) in [5.74, 6) is 1.14. The van der Waals surface area contributed by atoms with Crippen LogP contribution in [0.4, 0.5) is 0 Å². The quantitative estimate of drug-likeness (QED) is 0.763. The lowest BCUT2D eigenvalue weighted by atomic mass is 10.1. The molecule has 2 rings (SSSR count). The lowest BCUT2D eigenvalue weighted by Crippen LogP contribution is -2.07. The Hall–Kier alpha value is -0.690. The topological polar surface area (TPSA) is 76.0 Å². The van der Waals surface area contributed by atoms with Crippen molar-refractivity contribution in [2.45, 2.75) is 12.8 Å². The predicted octanol–water partition coefficient (Wildman–Crippen LogP) is 0.709. The average molecular weight is 234 g/mol. The number of hydrogen-bond donors (Lipinski definition) is 1. The smallest absolute Gasteiger partial charge is 0.284 e. The van der Waals surface area contributed by atoms with Gasteiger partial charge in [0, 0.05) is 6.42 Å². The number of nitrogens with zero attached hydrogens (tertiary/aromatic N) is 1. The Labute approximate surface area is 86.4 Å². The molecule has 1 aliphatic heterocycles. The van der Waals surface area contributed by atoms with Crippen molar-refractivity contribution in [3.63, 3.8) is 0 Å². The minimum Gasteiger partial charge on any atom is -0.414 e. The van der Waals surface area contributed by atoms with Crippen LogP contribution in [-0.2, 0) is 16.3 Å². The summed E-state index contributed by atoms with van der Waals surface area (Å²) in [7, 11) is -2.81. The van der Waals surface area contributed by atoms with E-state index in [0.29, 0.717) is 18.7 Å². The van der Waals surface area contributed by atoms with Gasteiger partial charge in [-0.05, 0) is 24.6 Å². The largest absolute Gasteiger partial charge is 0.414 e. The first kappa shape index (κ1) is 9.85. The van der Waals surface area contributed by atoms with Crippen molar-refractivity contribution in [1.29, 1.82) is 0 Å². The van der Waals surface area contributed by atoms with Crippen LogP contribution in [0.15, 0.2) is 4.42 Å². The zero-order valence-corrected chi connectivity index (χ0v) is 9.03. The summed E-state index contributed by atoms with van der Waals surface area (Å²) in [5, 5.41) is 6.35. The van der Waals surface area contributed by atoms with Gasteiger partial charge in [0.15, 0.2) is 9.84 Å². The summed E-state index contributed by atoms with van der Waals surface area (Å²) in [6, 6.07) is 0. The van der Waals surface area contributed by atoms with Gasteiger partial charge >= 0.3 is 0 Å². The van der Waals surface area contributed by atoms with Crippen LogP contribution in [0.1, 0.15) is 12.3 Å². The highest BCUT2D eigenvalue weighted by atomic mass is 32.2. The maximum Gasteiger partial charge on any atom is 0.284 e. The SMILES string of the molecule is O=S1(=O)CCC(Cc2n[nH]c(=S)o2)C1. The highest BCUT2D eigenvalue weighted by Gasteiger charge is 2.28. The van der Waals surface area contributed by atoms with Crippen molar-refractivity contribution in [1.82, 2.24) is 10.2 Å².